The van der Waals surface area contributed by atoms with Crippen molar-refractivity contribution in [3.05, 3.63) is 14.2 Å². The van der Waals surface area contributed by atoms with Gasteiger partial charge >= 0.3 is 0 Å². The number of nitrogens with zero attached hydrogens (tertiary/aromatic N) is 1. The van der Waals surface area contributed by atoms with Crippen molar-refractivity contribution in [1.82, 2.24) is 5.06 Å². The van der Waals surface area contributed by atoms with Gasteiger partial charge in [0.2, 0.25) is 0 Å². The van der Waals surface area contributed by atoms with Gasteiger partial charge in [-0.05, 0) is 22.9 Å². The van der Waals surface area contributed by atoms with Crippen LogP contribution in [0.4, 0.5) is 0 Å². The summed E-state index contributed by atoms with van der Waals surface area (Å²) in [6.07, 6.45) is 0. The highest BCUT2D eigenvalue weighted by Gasteiger charge is 2.23. The van der Waals surface area contributed by atoms with E-state index in [0.717, 1.165) is 9.35 Å². The lowest BCUT2D eigenvalue weighted by molar-refractivity contribution is -0.0755. The summed E-state index contributed by atoms with van der Waals surface area (Å²) in [6.45, 7) is 1.92. The normalized spacial score (nSPS) is 10.2. The molecule has 1 aromatic heterocycles. The molecule has 0 aromatic carbocycles. The zero-order valence-electron chi connectivity index (χ0n) is 8.96. The first-order valence-corrected chi connectivity index (χ1v) is 5.78. The van der Waals surface area contributed by atoms with Crippen LogP contribution in [0, 0.1) is 6.92 Å². The van der Waals surface area contributed by atoms with Crippen LogP contribution in [0.3, 0.4) is 0 Å². The zero-order chi connectivity index (χ0) is 11.6. The second-order valence-corrected chi connectivity index (χ2v) is 4.84. The first-order valence-electron chi connectivity index (χ1n) is 4.18. The van der Waals surface area contributed by atoms with Crippen LogP contribution in [0.5, 0.6) is 5.75 Å². The highest BCUT2D eigenvalue weighted by Crippen LogP contribution is 2.39. The Hall–Kier alpha value is -0.590. The number of thiophene rings is 1. The smallest absolute Gasteiger partial charge is 0.291 e. The van der Waals surface area contributed by atoms with Crippen LogP contribution in [0.15, 0.2) is 4.47 Å². The maximum atomic E-state index is 11.8. The van der Waals surface area contributed by atoms with Gasteiger partial charge in [0.05, 0.1) is 18.7 Å². The van der Waals surface area contributed by atoms with Gasteiger partial charge in [-0.3, -0.25) is 9.63 Å². The molecule has 0 unspecified atom stereocenters. The van der Waals surface area contributed by atoms with Crippen molar-refractivity contribution in [3.63, 3.8) is 0 Å². The quantitative estimate of drug-likeness (QED) is 0.804. The van der Waals surface area contributed by atoms with E-state index in [1.807, 2.05) is 6.92 Å². The molecule has 0 aliphatic heterocycles. The second kappa shape index (κ2) is 4.96. The average Bonchev–Trinajstić information content (AvgIpc) is 2.53. The van der Waals surface area contributed by atoms with Gasteiger partial charge in [0.25, 0.3) is 5.91 Å². The summed E-state index contributed by atoms with van der Waals surface area (Å²) in [6, 6.07) is 0. The van der Waals surface area contributed by atoms with Gasteiger partial charge in [-0.2, -0.15) is 0 Å². The van der Waals surface area contributed by atoms with Crippen molar-refractivity contribution in [2.75, 3.05) is 21.3 Å². The largest absolute Gasteiger partial charge is 0.494 e. The van der Waals surface area contributed by atoms with Crippen LogP contribution < -0.4 is 4.74 Å². The van der Waals surface area contributed by atoms with Crippen LogP contribution in [0.25, 0.3) is 0 Å². The number of carbonyl (C=O) groups excluding carboxylic acids is 1. The van der Waals surface area contributed by atoms with Gasteiger partial charge in [0, 0.05) is 11.9 Å². The van der Waals surface area contributed by atoms with E-state index in [2.05, 4.69) is 15.9 Å². The van der Waals surface area contributed by atoms with Gasteiger partial charge in [0.1, 0.15) is 4.88 Å². The zero-order valence-corrected chi connectivity index (χ0v) is 11.4. The third kappa shape index (κ3) is 2.32. The van der Waals surface area contributed by atoms with Gasteiger partial charge in [-0.25, -0.2) is 5.06 Å². The number of hydrogen-bond acceptors (Lipinski definition) is 4. The van der Waals surface area contributed by atoms with Gasteiger partial charge in [-0.15, -0.1) is 11.3 Å². The molecule has 0 N–H and O–H groups in total. The van der Waals surface area contributed by atoms with Crippen LogP contribution in [-0.2, 0) is 4.84 Å². The minimum atomic E-state index is -0.215. The Bertz CT molecular complexity index is 378. The van der Waals surface area contributed by atoms with Crippen molar-refractivity contribution >= 4 is 33.2 Å². The molecule has 0 aliphatic rings. The Morgan fingerprint density at radius 3 is 2.53 bits per heavy atom. The standard InChI is InChI=1S/C9H12BrNO3S/c1-5-6(10)7(13-3)8(15-5)9(12)11(2)14-4/h1-4H3. The van der Waals surface area contributed by atoms with Gasteiger partial charge < -0.3 is 4.74 Å². The fourth-order valence-electron chi connectivity index (χ4n) is 1.05. The third-order valence-electron chi connectivity index (χ3n) is 1.93. The van der Waals surface area contributed by atoms with E-state index in [1.165, 1.54) is 30.6 Å². The summed E-state index contributed by atoms with van der Waals surface area (Å²) in [5, 5.41) is 1.17. The molecule has 1 aromatic rings. The molecular formula is C9H12BrNO3S. The molecule has 0 spiro atoms. The number of ether oxygens (including phenoxy) is 1. The van der Waals surface area contributed by atoms with Crippen molar-refractivity contribution in [2.45, 2.75) is 6.92 Å². The monoisotopic (exact) mass is 293 g/mol. The predicted molar refractivity (Wildman–Crippen MR) is 62.4 cm³/mol. The topological polar surface area (TPSA) is 38.8 Å². The molecule has 0 fully saturated rings. The van der Waals surface area contributed by atoms with Crippen LogP contribution in [0.2, 0.25) is 0 Å². The van der Waals surface area contributed by atoms with Gasteiger partial charge in [-0.1, -0.05) is 0 Å². The fourth-order valence-corrected chi connectivity index (χ4v) is 2.77. The maximum Gasteiger partial charge on any atom is 0.291 e. The predicted octanol–water partition coefficient (Wildman–Crippen LogP) is 2.46. The van der Waals surface area contributed by atoms with E-state index >= 15 is 0 Å². The Kier molecular flexibility index (Phi) is 4.12. The minimum Gasteiger partial charge on any atom is -0.494 e. The van der Waals surface area contributed by atoms with E-state index in [1.54, 1.807) is 7.05 Å². The van der Waals surface area contributed by atoms with Crippen LogP contribution >= 0.6 is 27.3 Å². The minimum absolute atomic E-state index is 0.215. The van der Waals surface area contributed by atoms with Crippen molar-refractivity contribution < 1.29 is 14.4 Å². The Morgan fingerprint density at radius 1 is 1.47 bits per heavy atom. The molecule has 6 heteroatoms. The lowest BCUT2D eigenvalue weighted by atomic mass is 10.4. The summed E-state index contributed by atoms with van der Waals surface area (Å²) >= 11 is 4.75. The van der Waals surface area contributed by atoms with Crippen molar-refractivity contribution in [1.29, 1.82) is 0 Å². The summed E-state index contributed by atoms with van der Waals surface area (Å²) in [7, 11) is 4.54. The Morgan fingerprint density at radius 2 is 2.07 bits per heavy atom. The molecule has 1 heterocycles. The fraction of sp³-hybridized carbons (Fsp3) is 0.444. The van der Waals surface area contributed by atoms with Gasteiger partial charge in [0.15, 0.2) is 5.75 Å². The lowest BCUT2D eigenvalue weighted by Crippen LogP contribution is -2.24. The molecule has 15 heavy (non-hydrogen) atoms. The number of amides is 1. The molecule has 0 radical (unpaired) electrons. The molecule has 1 amide bonds. The number of halogens is 1. The molecule has 84 valence electrons. The Balaban J connectivity index is 3.14. The SMILES string of the molecule is COc1c(C(=O)N(C)OC)sc(C)c1Br. The highest BCUT2D eigenvalue weighted by molar-refractivity contribution is 9.10. The lowest BCUT2D eigenvalue weighted by Gasteiger charge is -2.13. The van der Waals surface area contributed by atoms with Crippen LogP contribution in [0.1, 0.15) is 14.5 Å². The highest BCUT2D eigenvalue weighted by atomic mass is 79.9. The van der Waals surface area contributed by atoms with Crippen molar-refractivity contribution in [2.24, 2.45) is 0 Å². The molecule has 0 bridgehead atoms. The second-order valence-electron chi connectivity index (χ2n) is 2.82. The van der Waals surface area contributed by atoms with Crippen LogP contribution in [-0.4, -0.2) is 32.2 Å². The third-order valence-corrected chi connectivity index (χ3v) is 4.22. The molecule has 0 aliphatic carbocycles. The maximum absolute atomic E-state index is 11.8. The van der Waals surface area contributed by atoms with E-state index in [-0.39, 0.29) is 5.91 Å². The first kappa shape index (κ1) is 12.5. The molecule has 0 saturated heterocycles. The number of methoxy groups -OCH3 is 1. The first-order chi connectivity index (χ1) is 7.02. The van der Waals surface area contributed by atoms with Crippen molar-refractivity contribution in [3.8, 4) is 5.75 Å². The molecule has 0 saturated carbocycles. The number of hydroxylamine groups is 2. The Labute approximate surface area is 101 Å². The van der Waals surface area contributed by atoms with E-state index < -0.39 is 0 Å². The summed E-state index contributed by atoms with van der Waals surface area (Å²) < 4.78 is 6.00. The molecule has 4 nitrogen and oxygen atoms in total. The molecule has 1 rings (SSSR count). The number of aryl methyl sites for hydroxylation is 1. The summed E-state index contributed by atoms with van der Waals surface area (Å²) in [4.78, 5) is 18.2. The number of carbonyl (C=O) groups is 1. The summed E-state index contributed by atoms with van der Waals surface area (Å²) in [5.41, 5.74) is 0. The molecular weight excluding hydrogens is 282 g/mol. The van der Waals surface area contributed by atoms with E-state index in [0.29, 0.717) is 10.6 Å². The molecule has 0 atom stereocenters. The number of rotatable bonds is 3. The average molecular weight is 294 g/mol. The number of hydrogen-bond donors (Lipinski definition) is 0. The van der Waals surface area contributed by atoms with E-state index in [9.17, 15) is 4.79 Å². The summed E-state index contributed by atoms with van der Waals surface area (Å²) in [5.74, 6) is 0.347. The van der Waals surface area contributed by atoms with E-state index in [4.69, 9.17) is 9.57 Å².